The summed E-state index contributed by atoms with van der Waals surface area (Å²) in [7, 11) is 0. The second-order valence-electron chi connectivity index (χ2n) is 3.87. The Morgan fingerprint density at radius 2 is 1.38 bits per heavy atom. The van der Waals surface area contributed by atoms with E-state index in [1.165, 1.54) is 0 Å². The first-order valence-electron chi connectivity index (χ1n) is 5.39. The van der Waals surface area contributed by atoms with E-state index >= 15 is 0 Å². The Hall–Kier alpha value is -2.77. The third-order valence-electron chi connectivity index (χ3n) is 2.52. The van der Waals surface area contributed by atoms with Crippen molar-refractivity contribution in [2.45, 2.75) is 0 Å². The van der Waals surface area contributed by atoms with Gasteiger partial charge in [0.05, 0.1) is 5.56 Å². The Labute approximate surface area is 114 Å². The Morgan fingerprint density at radius 1 is 0.905 bits per heavy atom. The van der Waals surface area contributed by atoms with Crippen LogP contribution in [0.25, 0.3) is 0 Å². The molecule has 2 rings (SSSR count). The number of phenols is 1. The summed E-state index contributed by atoms with van der Waals surface area (Å²) in [6.45, 7) is 0. The van der Waals surface area contributed by atoms with Crippen LogP contribution in [-0.2, 0) is 0 Å². The molecule has 0 atom stereocenters. The highest BCUT2D eigenvalue weighted by Gasteiger charge is 2.27. The monoisotopic (exact) mass is 302 g/mol. The number of aromatic carboxylic acids is 1. The third kappa shape index (κ3) is 2.60. The molecule has 0 spiro atoms. The fourth-order valence-electron chi connectivity index (χ4n) is 1.47. The van der Waals surface area contributed by atoms with Gasteiger partial charge in [-0.15, -0.1) is 0 Å². The van der Waals surface area contributed by atoms with E-state index in [2.05, 4.69) is 4.74 Å². The smallest absolute Gasteiger partial charge is 0.335 e. The van der Waals surface area contributed by atoms with Crippen LogP contribution in [0.3, 0.4) is 0 Å². The molecule has 0 aliphatic carbocycles. The molecule has 0 amide bonds. The number of carbonyl (C=O) groups is 1. The number of ether oxygens (including phenoxy) is 1. The van der Waals surface area contributed by atoms with Crippen molar-refractivity contribution in [2.24, 2.45) is 0 Å². The fraction of sp³-hybridized carbons (Fsp3) is 0. The number of carboxylic acid groups (broad SMARTS) is 1. The molecule has 8 heteroatoms. The normalized spacial score (nSPS) is 10.5. The molecule has 0 saturated heterocycles. The van der Waals surface area contributed by atoms with Gasteiger partial charge in [-0.3, -0.25) is 0 Å². The van der Waals surface area contributed by atoms with Crippen molar-refractivity contribution in [2.75, 3.05) is 0 Å². The lowest BCUT2D eigenvalue weighted by molar-refractivity contribution is 0.0697. The minimum absolute atomic E-state index is 0.119. The molecular formula is C13H6F4O4. The minimum Gasteiger partial charge on any atom is -0.503 e. The number of rotatable bonds is 3. The van der Waals surface area contributed by atoms with Gasteiger partial charge in [-0.2, -0.15) is 17.6 Å². The highest BCUT2D eigenvalue weighted by Crippen LogP contribution is 2.36. The Balaban J connectivity index is 2.42. The molecule has 4 nitrogen and oxygen atoms in total. The summed E-state index contributed by atoms with van der Waals surface area (Å²) in [5.41, 5.74) is -0.119. The summed E-state index contributed by atoms with van der Waals surface area (Å²) in [6.07, 6.45) is 0. The lowest BCUT2D eigenvalue weighted by Gasteiger charge is -2.10. The highest BCUT2D eigenvalue weighted by atomic mass is 19.2. The first kappa shape index (κ1) is 14.6. The van der Waals surface area contributed by atoms with Crippen LogP contribution in [0.4, 0.5) is 17.6 Å². The van der Waals surface area contributed by atoms with Crippen LogP contribution in [0, 0.1) is 23.3 Å². The van der Waals surface area contributed by atoms with Crippen LogP contribution in [0.2, 0.25) is 0 Å². The molecule has 0 heterocycles. The molecule has 0 unspecified atom stereocenters. The molecular weight excluding hydrogens is 296 g/mol. The molecule has 2 aromatic rings. The lowest BCUT2D eigenvalue weighted by atomic mass is 10.2. The first-order valence-corrected chi connectivity index (χ1v) is 5.39. The third-order valence-corrected chi connectivity index (χ3v) is 2.52. The molecule has 0 bridgehead atoms. The van der Waals surface area contributed by atoms with Crippen molar-refractivity contribution < 1.29 is 37.3 Å². The Kier molecular flexibility index (Phi) is 3.70. The van der Waals surface area contributed by atoms with E-state index in [9.17, 15) is 22.4 Å². The zero-order valence-corrected chi connectivity index (χ0v) is 10.0. The van der Waals surface area contributed by atoms with Gasteiger partial charge in [-0.25, -0.2) is 4.79 Å². The molecule has 0 aliphatic rings. The standard InChI is InChI=1S/C13H6F4O4/c14-7-9(16)12(10(17)8(15)11(7)18)21-6-3-1-5(2-4-6)13(19)20/h1-4,18H,(H,19,20). The largest absolute Gasteiger partial charge is 0.503 e. The Morgan fingerprint density at radius 3 is 1.81 bits per heavy atom. The summed E-state index contributed by atoms with van der Waals surface area (Å²) in [6, 6.07) is 4.23. The quantitative estimate of drug-likeness (QED) is 0.673. The van der Waals surface area contributed by atoms with Crippen LogP contribution in [0.1, 0.15) is 10.4 Å². The summed E-state index contributed by atoms with van der Waals surface area (Å²) < 4.78 is 57.8. The summed E-state index contributed by atoms with van der Waals surface area (Å²) in [4.78, 5) is 10.6. The van der Waals surface area contributed by atoms with Crippen molar-refractivity contribution in [1.82, 2.24) is 0 Å². The number of halogens is 4. The number of hydrogen-bond acceptors (Lipinski definition) is 3. The lowest BCUT2D eigenvalue weighted by Crippen LogP contribution is -2.01. The maximum Gasteiger partial charge on any atom is 0.335 e. The maximum atomic E-state index is 13.4. The van der Waals surface area contributed by atoms with E-state index in [0.717, 1.165) is 24.3 Å². The second-order valence-corrected chi connectivity index (χ2v) is 3.87. The first-order chi connectivity index (χ1) is 9.82. The Bertz CT molecular complexity index is 684. The summed E-state index contributed by atoms with van der Waals surface area (Å²) in [5, 5.41) is 17.5. The van der Waals surface area contributed by atoms with Crippen molar-refractivity contribution in [3.63, 3.8) is 0 Å². The van der Waals surface area contributed by atoms with Gasteiger partial charge in [-0.1, -0.05) is 0 Å². The number of phenolic OH excluding ortho intramolecular Hbond substituents is 1. The van der Waals surface area contributed by atoms with Crippen molar-refractivity contribution in [3.8, 4) is 17.2 Å². The van der Waals surface area contributed by atoms with Crippen LogP contribution < -0.4 is 4.74 Å². The topological polar surface area (TPSA) is 66.8 Å². The zero-order valence-electron chi connectivity index (χ0n) is 10.0. The molecule has 0 aliphatic heterocycles. The SMILES string of the molecule is O=C(O)c1ccc(Oc2c(F)c(F)c(O)c(F)c2F)cc1. The summed E-state index contributed by atoms with van der Waals surface area (Å²) in [5.74, 6) is -12.5. The van der Waals surface area contributed by atoms with Crippen molar-refractivity contribution in [1.29, 1.82) is 0 Å². The van der Waals surface area contributed by atoms with Gasteiger partial charge in [-0.05, 0) is 24.3 Å². The zero-order chi connectivity index (χ0) is 15.7. The van der Waals surface area contributed by atoms with Crippen LogP contribution in [0.15, 0.2) is 24.3 Å². The molecule has 110 valence electrons. The van der Waals surface area contributed by atoms with Gasteiger partial charge in [0.2, 0.25) is 29.0 Å². The molecule has 0 radical (unpaired) electrons. The molecule has 21 heavy (non-hydrogen) atoms. The van der Waals surface area contributed by atoms with Gasteiger partial charge in [0.1, 0.15) is 5.75 Å². The predicted molar refractivity (Wildman–Crippen MR) is 61.4 cm³/mol. The van der Waals surface area contributed by atoms with Crippen LogP contribution >= 0.6 is 0 Å². The molecule has 2 N–H and O–H groups in total. The van der Waals surface area contributed by atoms with E-state index in [4.69, 9.17) is 10.2 Å². The predicted octanol–water partition coefficient (Wildman–Crippen LogP) is 3.44. The average Bonchev–Trinajstić information content (AvgIpc) is 2.48. The van der Waals surface area contributed by atoms with Crippen molar-refractivity contribution in [3.05, 3.63) is 53.1 Å². The molecule has 0 fully saturated rings. The molecule has 0 saturated carbocycles. The van der Waals surface area contributed by atoms with E-state index in [1.807, 2.05) is 0 Å². The number of carboxylic acids is 1. The van der Waals surface area contributed by atoms with Crippen molar-refractivity contribution >= 4 is 5.97 Å². The second kappa shape index (κ2) is 5.31. The highest BCUT2D eigenvalue weighted by molar-refractivity contribution is 5.87. The minimum atomic E-state index is -1.99. The van der Waals surface area contributed by atoms with E-state index < -0.39 is 40.7 Å². The molecule has 0 aromatic heterocycles. The average molecular weight is 302 g/mol. The number of hydrogen-bond donors (Lipinski definition) is 2. The molecule has 2 aromatic carbocycles. The van der Waals surface area contributed by atoms with Gasteiger partial charge < -0.3 is 14.9 Å². The van der Waals surface area contributed by atoms with Gasteiger partial charge in [0.25, 0.3) is 0 Å². The van der Waals surface area contributed by atoms with E-state index in [1.54, 1.807) is 0 Å². The van der Waals surface area contributed by atoms with E-state index in [0.29, 0.717) is 0 Å². The van der Waals surface area contributed by atoms with Crippen LogP contribution in [0.5, 0.6) is 17.2 Å². The van der Waals surface area contributed by atoms with Gasteiger partial charge in [0.15, 0.2) is 5.75 Å². The van der Waals surface area contributed by atoms with E-state index in [-0.39, 0.29) is 11.3 Å². The fourth-order valence-corrected chi connectivity index (χ4v) is 1.47. The maximum absolute atomic E-state index is 13.4. The van der Waals surface area contributed by atoms with Gasteiger partial charge >= 0.3 is 5.97 Å². The van der Waals surface area contributed by atoms with Crippen LogP contribution in [-0.4, -0.2) is 16.2 Å². The number of aromatic hydroxyl groups is 1. The summed E-state index contributed by atoms with van der Waals surface area (Å²) >= 11 is 0. The number of benzene rings is 2. The van der Waals surface area contributed by atoms with Gasteiger partial charge in [0, 0.05) is 0 Å².